The molecule has 0 fully saturated rings. The number of rotatable bonds is 8. The van der Waals surface area contributed by atoms with Gasteiger partial charge in [-0.2, -0.15) is 0 Å². The third-order valence-corrected chi connectivity index (χ3v) is 4.64. The molecule has 6 nitrogen and oxygen atoms in total. The molecule has 0 atom stereocenters. The minimum atomic E-state index is -0.492. The Morgan fingerprint density at radius 1 is 0.909 bits per heavy atom. The maximum Gasteiger partial charge on any atom is 0.260 e. The average Bonchev–Trinajstić information content (AvgIpc) is 3.21. The van der Waals surface area contributed by atoms with Crippen LogP contribution >= 0.6 is 0 Å². The number of aromatic nitrogens is 1. The molecule has 4 aromatic rings. The van der Waals surface area contributed by atoms with Gasteiger partial charge in [0.1, 0.15) is 42.1 Å². The number of carbonyl (C=O) groups excluding carboxylic acids is 1. The van der Waals surface area contributed by atoms with Crippen LogP contribution in [-0.4, -0.2) is 11.1 Å². The molecule has 33 heavy (non-hydrogen) atoms. The second kappa shape index (κ2) is 9.95. The molecule has 0 saturated heterocycles. The zero-order valence-electron chi connectivity index (χ0n) is 17.7. The van der Waals surface area contributed by atoms with Crippen molar-refractivity contribution in [3.05, 3.63) is 107 Å². The van der Waals surface area contributed by atoms with Crippen molar-refractivity contribution in [3.63, 3.8) is 0 Å². The SMILES string of the molecule is Cc1cc(NC(=O)c2cc(OCc3cccc(F)c3)ccc2OCc2cccc(F)c2)no1. The molecule has 3 aromatic carbocycles. The highest BCUT2D eigenvalue weighted by molar-refractivity contribution is 6.06. The molecule has 0 bridgehead atoms. The molecule has 0 spiro atoms. The minimum absolute atomic E-state index is 0.0601. The molecular weight excluding hydrogens is 430 g/mol. The van der Waals surface area contributed by atoms with Gasteiger partial charge in [0.2, 0.25) is 0 Å². The van der Waals surface area contributed by atoms with E-state index in [0.29, 0.717) is 22.6 Å². The first-order chi connectivity index (χ1) is 16.0. The number of hydrogen-bond acceptors (Lipinski definition) is 5. The first-order valence-corrected chi connectivity index (χ1v) is 10.1. The maximum absolute atomic E-state index is 13.5. The third-order valence-electron chi connectivity index (χ3n) is 4.64. The number of amides is 1. The summed E-state index contributed by atoms with van der Waals surface area (Å²) in [5, 5.41) is 6.41. The smallest absolute Gasteiger partial charge is 0.260 e. The van der Waals surface area contributed by atoms with Crippen molar-refractivity contribution in [2.75, 3.05) is 5.32 Å². The van der Waals surface area contributed by atoms with Crippen molar-refractivity contribution in [3.8, 4) is 11.5 Å². The quantitative estimate of drug-likeness (QED) is 0.374. The Morgan fingerprint density at radius 3 is 2.18 bits per heavy atom. The van der Waals surface area contributed by atoms with E-state index < -0.39 is 5.91 Å². The van der Waals surface area contributed by atoms with Crippen molar-refractivity contribution in [1.82, 2.24) is 5.16 Å². The van der Waals surface area contributed by atoms with Crippen molar-refractivity contribution < 1.29 is 27.6 Å². The standard InChI is InChI=1S/C25H20F2N2O4/c1-16-10-24(29-33-16)28-25(30)22-13-21(31-14-17-4-2-6-19(26)11-17)8-9-23(22)32-15-18-5-3-7-20(27)12-18/h2-13H,14-15H2,1H3,(H,28,29,30). The molecule has 1 N–H and O–H groups in total. The fourth-order valence-electron chi connectivity index (χ4n) is 3.09. The Kier molecular flexibility index (Phi) is 6.64. The number of nitrogens with one attached hydrogen (secondary N) is 1. The first kappa shape index (κ1) is 22.0. The lowest BCUT2D eigenvalue weighted by molar-refractivity contribution is 0.102. The maximum atomic E-state index is 13.5. The van der Waals surface area contributed by atoms with E-state index in [1.807, 2.05) is 0 Å². The molecule has 0 aliphatic carbocycles. The number of anilines is 1. The number of hydrogen-bond donors (Lipinski definition) is 1. The molecule has 4 rings (SSSR count). The van der Waals surface area contributed by atoms with Crippen LogP contribution in [0.15, 0.2) is 77.3 Å². The molecule has 0 saturated carbocycles. The summed E-state index contributed by atoms with van der Waals surface area (Å²) in [6.07, 6.45) is 0. The summed E-state index contributed by atoms with van der Waals surface area (Å²) in [5.74, 6) is 0.221. The van der Waals surface area contributed by atoms with Crippen LogP contribution < -0.4 is 14.8 Å². The average molecular weight is 450 g/mol. The topological polar surface area (TPSA) is 73.6 Å². The second-order valence-electron chi connectivity index (χ2n) is 7.27. The highest BCUT2D eigenvalue weighted by Crippen LogP contribution is 2.27. The minimum Gasteiger partial charge on any atom is -0.489 e. The lowest BCUT2D eigenvalue weighted by Gasteiger charge is -2.14. The number of benzene rings is 3. The van der Waals surface area contributed by atoms with Gasteiger partial charge >= 0.3 is 0 Å². The lowest BCUT2D eigenvalue weighted by atomic mass is 10.1. The van der Waals surface area contributed by atoms with Crippen LogP contribution in [0.4, 0.5) is 14.6 Å². The van der Waals surface area contributed by atoms with Gasteiger partial charge in [0.25, 0.3) is 5.91 Å². The fraction of sp³-hybridized carbons (Fsp3) is 0.120. The number of nitrogens with zero attached hydrogens (tertiary/aromatic N) is 1. The first-order valence-electron chi connectivity index (χ1n) is 10.1. The van der Waals surface area contributed by atoms with Crippen molar-refractivity contribution >= 4 is 11.7 Å². The van der Waals surface area contributed by atoms with Crippen LogP contribution in [0, 0.1) is 18.6 Å². The van der Waals surface area contributed by atoms with E-state index in [4.69, 9.17) is 14.0 Å². The van der Waals surface area contributed by atoms with Gasteiger partial charge in [-0.25, -0.2) is 8.78 Å². The highest BCUT2D eigenvalue weighted by Gasteiger charge is 2.17. The van der Waals surface area contributed by atoms with Crippen molar-refractivity contribution in [1.29, 1.82) is 0 Å². The third kappa shape index (κ3) is 5.94. The van der Waals surface area contributed by atoms with Gasteiger partial charge in [0.05, 0.1) is 5.56 Å². The molecule has 0 radical (unpaired) electrons. The van der Waals surface area contributed by atoms with Gasteiger partial charge in [-0.3, -0.25) is 4.79 Å². The van der Waals surface area contributed by atoms with Gasteiger partial charge in [0, 0.05) is 6.07 Å². The molecule has 8 heteroatoms. The molecular formula is C25H20F2N2O4. The number of halogens is 2. The number of aryl methyl sites for hydroxylation is 1. The molecule has 168 valence electrons. The summed E-state index contributed by atoms with van der Waals surface area (Å²) in [5.41, 5.74) is 1.44. The molecule has 1 amide bonds. The summed E-state index contributed by atoms with van der Waals surface area (Å²) < 4.78 is 43.4. The van der Waals surface area contributed by atoms with Gasteiger partial charge < -0.3 is 19.3 Å². The molecule has 1 heterocycles. The lowest BCUT2D eigenvalue weighted by Crippen LogP contribution is -2.14. The second-order valence-corrected chi connectivity index (χ2v) is 7.27. The zero-order valence-corrected chi connectivity index (χ0v) is 17.7. The van der Waals surface area contributed by atoms with E-state index in [9.17, 15) is 13.6 Å². The molecule has 0 aliphatic rings. The summed E-state index contributed by atoms with van der Waals surface area (Å²) in [6, 6.07) is 18.4. The van der Waals surface area contributed by atoms with E-state index in [1.54, 1.807) is 49.4 Å². The van der Waals surface area contributed by atoms with Gasteiger partial charge in [-0.05, 0) is 60.5 Å². The summed E-state index contributed by atoms with van der Waals surface area (Å²) >= 11 is 0. The number of carbonyl (C=O) groups is 1. The van der Waals surface area contributed by atoms with E-state index >= 15 is 0 Å². The van der Waals surface area contributed by atoms with Gasteiger partial charge in [-0.15, -0.1) is 0 Å². The van der Waals surface area contributed by atoms with Crippen molar-refractivity contribution in [2.24, 2.45) is 0 Å². The Balaban J connectivity index is 1.55. The van der Waals surface area contributed by atoms with Gasteiger partial charge in [0.15, 0.2) is 5.82 Å². The van der Waals surface area contributed by atoms with E-state index in [2.05, 4.69) is 10.5 Å². The van der Waals surface area contributed by atoms with Crippen molar-refractivity contribution in [2.45, 2.75) is 20.1 Å². The van der Waals surface area contributed by atoms with Gasteiger partial charge in [-0.1, -0.05) is 29.4 Å². The predicted octanol–water partition coefficient (Wildman–Crippen LogP) is 5.67. The van der Waals surface area contributed by atoms with E-state index in [1.165, 1.54) is 30.3 Å². The monoisotopic (exact) mass is 450 g/mol. The molecule has 0 unspecified atom stereocenters. The van der Waals surface area contributed by atoms with Crippen LogP contribution in [0.25, 0.3) is 0 Å². The summed E-state index contributed by atoms with van der Waals surface area (Å²) in [7, 11) is 0. The fourth-order valence-corrected chi connectivity index (χ4v) is 3.09. The van der Waals surface area contributed by atoms with E-state index in [0.717, 1.165) is 0 Å². The van der Waals surface area contributed by atoms with Crippen LogP contribution in [0.5, 0.6) is 11.5 Å². The zero-order chi connectivity index (χ0) is 23.2. The van der Waals surface area contributed by atoms with Crippen LogP contribution in [0.3, 0.4) is 0 Å². The Hall–Kier alpha value is -4.20. The molecule has 0 aliphatic heterocycles. The molecule has 1 aromatic heterocycles. The Bertz CT molecular complexity index is 1270. The van der Waals surface area contributed by atoms with Crippen LogP contribution in [0.2, 0.25) is 0 Å². The Morgan fingerprint density at radius 2 is 1.58 bits per heavy atom. The van der Waals surface area contributed by atoms with Crippen LogP contribution in [0.1, 0.15) is 27.2 Å². The predicted molar refractivity (Wildman–Crippen MR) is 117 cm³/mol. The number of ether oxygens (including phenoxy) is 2. The largest absolute Gasteiger partial charge is 0.489 e. The van der Waals surface area contributed by atoms with Crippen LogP contribution in [-0.2, 0) is 13.2 Å². The Labute approximate surface area is 188 Å². The summed E-state index contributed by atoms with van der Waals surface area (Å²) in [4.78, 5) is 12.9. The van der Waals surface area contributed by atoms with E-state index in [-0.39, 0.29) is 42.0 Å². The summed E-state index contributed by atoms with van der Waals surface area (Å²) in [6.45, 7) is 1.88. The normalized spacial score (nSPS) is 10.6. The highest BCUT2D eigenvalue weighted by atomic mass is 19.1.